The van der Waals surface area contributed by atoms with Gasteiger partial charge in [0, 0.05) is 0 Å². The van der Waals surface area contributed by atoms with E-state index in [0.29, 0.717) is 5.69 Å². The number of hydrogen-bond donors (Lipinski definition) is 3. The van der Waals surface area contributed by atoms with Crippen LogP contribution in [0.3, 0.4) is 0 Å². The van der Waals surface area contributed by atoms with Gasteiger partial charge in [0.15, 0.2) is 0 Å². The van der Waals surface area contributed by atoms with E-state index in [0.717, 1.165) is 18.5 Å². The molecule has 178 valence electrons. The third kappa shape index (κ3) is 10.3. The van der Waals surface area contributed by atoms with Gasteiger partial charge >= 0.3 is 0 Å². The first-order valence-electron chi connectivity index (χ1n) is 12.7. The molecule has 0 saturated heterocycles. The van der Waals surface area contributed by atoms with Crippen LogP contribution in [-0.4, -0.2) is 19.1 Å². The maximum atomic E-state index is 11.5. The summed E-state index contributed by atoms with van der Waals surface area (Å²) in [4.78, 5) is -0.0491. The van der Waals surface area contributed by atoms with Crippen LogP contribution >= 0.6 is 0 Å². The molecule has 2 rings (SSSR count). The molecule has 0 fully saturated rings. The monoisotopic (exact) mass is 452 g/mol. The van der Waals surface area contributed by atoms with Gasteiger partial charge in [0.1, 0.15) is 4.90 Å². The lowest BCUT2D eigenvalue weighted by Gasteiger charge is -2.12. The predicted octanol–water partition coefficient (Wildman–Crippen LogP) is 7.75. The minimum absolute atomic E-state index is 0.0320. The third-order valence-electron chi connectivity index (χ3n) is 6.30. The van der Waals surface area contributed by atoms with Crippen molar-refractivity contribution in [2.24, 2.45) is 0 Å². The zero-order valence-electron chi connectivity index (χ0n) is 19.5. The van der Waals surface area contributed by atoms with E-state index in [1.165, 1.54) is 102 Å². The number of para-hydroxylation sites is 1. The van der Waals surface area contributed by atoms with Gasteiger partial charge in [-0.2, -0.15) is 8.42 Å². The van der Waals surface area contributed by atoms with Crippen LogP contribution < -0.4 is 10.6 Å². The lowest BCUT2D eigenvalue weighted by Crippen LogP contribution is -2.22. The van der Waals surface area contributed by atoms with Crippen LogP contribution in [0.2, 0.25) is 0 Å². The molecule has 1 unspecified atom stereocenters. The molecular weight excluding hydrogens is 408 g/mol. The quantitative estimate of drug-likeness (QED) is 0.157. The Balaban J connectivity index is 1.41. The molecule has 1 aliphatic rings. The van der Waals surface area contributed by atoms with Gasteiger partial charge in [0.2, 0.25) is 0 Å². The van der Waals surface area contributed by atoms with E-state index < -0.39 is 10.1 Å². The average Bonchev–Trinajstić information content (AvgIpc) is 3.15. The molecular formula is C25H44N2O3S. The second-order valence-corrected chi connectivity index (χ2v) is 10.5. The van der Waals surface area contributed by atoms with Crippen molar-refractivity contribution in [1.29, 1.82) is 0 Å². The zero-order chi connectivity index (χ0) is 22.4. The highest BCUT2D eigenvalue weighted by Crippen LogP contribution is 2.36. The Kier molecular flexibility index (Phi) is 12.3. The molecule has 0 bridgehead atoms. The van der Waals surface area contributed by atoms with Crippen molar-refractivity contribution < 1.29 is 13.0 Å². The fourth-order valence-corrected chi connectivity index (χ4v) is 5.13. The molecule has 1 aliphatic heterocycles. The van der Waals surface area contributed by atoms with Crippen LogP contribution in [0.5, 0.6) is 0 Å². The Hall–Kier alpha value is -1.27. The first-order chi connectivity index (χ1) is 15.0. The Morgan fingerprint density at radius 3 is 1.71 bits per heavy atom. The number of unbranched alkanes of at least 4 members (excludes halogenated alkanes) is 15. The summed E-state index contributed by atoms with van der Waals surface area (Å²) in [6.45, 7) is 2.27. The van der Waals surface area contributed by atoms with Crippen LogP contribution in [0.25, 0.3) is 0 Å². The van der Waals surface area contributed by atoms with Gasteiger partial charge < -0.3 is 10.6 Å². The smallest absolute Gasteiger partial charge is 0.296 e. The molecule has 0 aliphatic carbocycles. The summed E-state index contributed by atoms with van der Waals surface area (Å²) < 4.78 is 32.4. The normalized spacial score (nSPS) is 15.5. The standard InChI is InChI=1S/C25H44N2O3S/c1-2-3-4-5-6-7-8-9-10-11-12-13-14-15-16-17-21-24-26-22-19-18-20-23(25(22)27-24)31(28,29)30/h18-20,24,26-27H,2-17,21H2,1H3,(H,28,29,30). The predicted molar refractivity (Wildman–Crippen MR) is 131 cm³/mol. The topological polar surface area (TPSA) is 78.4 Å². The van der Waals surface area contributed by atoms with Crippen molar-refractivity contribution in [2.75, 3.05) is 10.6 Å². The van der Waals surface area contributed by atoms with Gasteiger partial charge in [-0.1, -0.05) is 109 Å². The Bertz CT molecular complexity index is 721. The number of nitrogens with one attached hydrogen (secondary N) is 2. The van der Waals surface area contributed by atoms with Crippen molar-refractivity contribution in [3.8, 4) is 0 Å². The molecule has 6 heteroatoms. The summed E-state index contributed by atoms with van der Waals surface area (Å²) in [5.74, 6) is 0. The highest BCUT2D eigenvalue weighted by Gasteiger charge is 2.26. The second kappa shape index (κ2) is 14.7. The highest BCUT2D eigenvalue weighted by atomic mass is 32.2. The summed E-state index contributed by atoms with van der Waals surface area (Å²) in [5.41, 5.74) is 1.24. The highest BCUT2D eigenvalue weighted by molar-refractivity contribution is 7.86. The first-order valence-corrected chi connectivity index (χ1v) is 14.1. The number of fused-ring (bicyclic) bond motifs is 1. The second-order valence-electron chi connectivity index (χ2n) is 9.09. The van der Waals surface area contributed by atoms with E-state index in [4.69, 9.17) is 0 Å². The molecule has 1 atom stereocenters. The van der Waals surface area contributed by atoms with Gasteiger partial charge in [-0.25, -0.2) is 0 Å². The van der Waals surface area contributed by atoms with E-state index in [-0.39, 0.29) is 11.1 Å². The van der Waals surface area contributed by atoms with E-state index in [1.807, 2.05) is 6.07 Å². The summed E-state index contributed by atoms with van der Waals surface area (Å²) in [6, 6.07) is 4.91. The molecule has 1 aromatic carbocycles. The van der Waals surface area contributed by atoms with Gasteiger partial charge in [-0.15, -0.1) is 0 Å². The fraction of sp³-hybridized carbons (Fsp3) is 0.760. The van der Waals surface area contributed by atoms with Crippen LogP contribution in [0.1, 0.15) is 116 Å². The van der Waals surface area contributed by atoms with E-state index in [1.54, 1.807) is 6.07 Å². The molecule has 5 nitrogen and oxygen atoms in total. The number of hydrogen-bond acceptors (Lipinski definition) is 4. The maximum Gasteiger partial charge on any atom is 0.296 e. The lowest BCUT2D eigenvalue weighted by molar-refractivity contribution is 0.483. The summed E-state index contributed by atoms with van der Waals surface area (Å²) in [6.07, 6.45) is 22.7. The molecule has 3 N–H and O–H groups in total. The van der Waals surface area contributed by atoms with Gasteiger partial charge in [0.25, 0.3) is 10.1 Å². The third-order valence-corrected chi connectivity index (χ3v) is 7.19. The van der Waals surface area contributed by atoms with Crippen molar-refractivity contribution >= 4 is 21.5 Å². The SMILES string of the molecule is CCCCCCCCCCCCCCCCCCC1Nc2cccc(S(=O)(=O)O)c2N1. The molecule has 1 heterocycles. The number of rotatable bonds is 18. The molecule has 1 aromatic rings. The van der Waals surface area contributed by atoms with Gasteiger partial charge in [-0.3, -0.25) is 4.55 Å². The van der Waals surface area contributed by atoms with E-state index >= 15 is 0 Å². The Labute approximate surface area is 190 Å². The van der Waals surface area contributed by atoms with Crippen LogP contribution in [0.15, 0.2) is 23.1 Å². The minimum Gasteiger partial charge on any atom is -0.364 e. The van der Waals surface area contributed by atoms with Crippen LogP contribution in [0, 0.1) is 0 Å². The average molecular weight is 453 g/mol. The van der Waals surface area contributed by atoms with Crippen molar-refractivity contribution in [3.05, 3.63) is 18.2 Å². The van der Waals surface area contributed by atoms with E-state index in [9.17, 15) is 13.0 Å². The van der Waals surface area contributed by atoms with Crippen LogP contribution in [0.4, 0.5) is 11.4 Å². The fourth-order valence-electron chi connectivity index (χ4n) is 4.45. The molecule has 0 radical (unpaired) electrons. The number of benzene rings is 1. The summed E-state index contributed by atoms with van der Waals surface area (Å²) >= 11 is 0. The van der Waals surface area contributed by atoms with Gasteiger partial charge in [0.05, 0.1) is 17.5 Å². The molecule has 31 heavy (non-hydrogen) atoms. The number of anilines is 2. The van der Waals surface area contributed by atoms with Gasteiger partial charge in [-0.05, 0) is 25.0 Å². The Morgan fingerprint density at radius 1 is 0.742 bits per heavy atom. The molecule has 0 aromatic heterocycles. The van der Waals surface area contributed by atoms with Crippen molar-refractivity contribution in [1.82, 2.24) is 0 Å². The summed E-state index contributed by atoms with van der Waals surface area (Å²) in [7, 11) is -4.21. The van der Waals surface area contributed by atoms with Crippen molar-refractivity contribution in [2.45, 2.75) is 127 Å². The maximum absolute atomic E-state index is 11.5. The largest absolute Gasteiger partial charge is 0.364 e. The molecule has 0 spiro atoms. The van der Waals surface area contributed by atoms with Crippen LogP contribution in [-0.2, 0) is 10.1 Å². The Morgan fingerprint density at radius 2 is 1.23 bits per heavy atom. The molecule has 0 saturated carbocycles. The zero-order valence-corrected chi connectivity index (χ0v) is 20.3. The minimum atomic E-state index is -4.21. The molecule has 0 amide bonds. The lowest BCUT2D eigenvalue weighted by atomic mass is 10.0. The van der Waals surface area contributed by atoms with Crippen molar-refractivity contribution in [3.63, 3.8) is 0 Å². The summed E-state index contributed by atoms with van der Waals surface area (Å²) in [5, 5.41) is 6.52. The first kappa shape index (κ1) is 26.0. The van der Waals surface area contributed by atoms with E-state index in [2.05, 4.69) is 17.6 Å².